The third-order valence-electron chi connectivity index (χ3n) is 11.7. The van der Waals surface area contributed by atoms with Crippen LogP contribution in [0.5, 0.6) is 5.75 Å². The van der Waals surface area contributed by atoms with E-state index in [0.29, 0.717) is 31.4 Å². The van der Waals surface area contributed by atoms with Gasteiger partial charge in [0.2, 0.25) is 0 Å². The Bertz CT molecular complexity index is 1950. The lowest BCUT2D eigenvalue weighted by atomic mass is 9.42. The van der Waals surface area contributed by atoms with Crippen molar-refractivity contribution >= 4 is 5.97 Å². The molecule has 2 aliphatic carbocycles. The molecule has 4 aromatic rings. The minimum atomic E-state index is -1.31. The van der Waals surface area contributed by atoms with Crippen molar-refractivity contribution in [1.82, 2.24) is 4.98 Å². The van der Waals surface area contributed by atoms with E-state index in [1.807, 2.05) is 37.3 Å². The molecule has 2 saturated carbocycles. The zero-order chi connectivity index (χ0) is 34.1. The van der Waals surface area contributed by atoms with Crippen LogP contribution in [0.4, 0.5) is 4.39 Å². The average molecular weight is 668 g/mol. The number of rotatable bonds is 4. The maximum atomic E-state index is 14.2. The van der Waals surface area contributed by atoms with Crippen molar-refractivity contribution in [2.24, 2.45) is 22.7 Å². The van der Waals surface area contributed by atoms with Crippen LogP contribution in [-0.4, -0.2) is 40.5 Å². The Morgan fingerprint density at radius 2 is 1.84 bits per heavy atom. The summed E-state index contributed by atoms with van der Waals surface area (Å²) in [5.74, 6) is -1.77. The summed E-state index contributed by atoms with van der Waals surface area (Å²) in [6.45, 7) is 6.46. The van der Waals surface area contributed by atoms with E-state index >= 15 is 0 Å². The number of carbonyl (C=O) groups is 1. The number of benzene rings is 2. The van der Waals surface area contributed by atoms with Gasteiger partial charge in [0, 0.05) is 40.9 Å². The van der Waals surface area contributed by atoms with Gasteiger partial charge in [0.15, 0.2) is 6.29 Å². The number of aromatic nitrogens is 1. The van der Waals surface area contributed by atoms with Crippen molar-refractivity contribution in [3.8, 4) is 17.1 Å². The van der Waals surface area contributed by atoms with Crippen LogP contribution in [0.3, 0.4) is 0 Å². The first-order valence-corrected chi connectivity index (χ1v) is 16.8. The molecule has 2 aliphatic heterocycles. The molecule has 2 aromatic heterocycles. The average Bonchev–Trinajstić information content (AvgIpc) is 3.09. The number of esters is 1. The molecule has 4 heterocycles. The lowest BCUT2D eigenvalue weighted by molar-refractivity contribution is -0.330. The number of hydrogen-bond donors (Lipinski definition) is 1. The molecule has 0 spiro atoms. The lowest BCUT2D eigenvalue weighted by Crippen LogP contribution is -2.71. The van der Waals surface area contributed by atoms with Gasteiger partial charge in [-0.3, -0.25) is 4.98 Å². The lowest BCUT2D eigenvalue weighted by Gasteiger charge is -2.67. The zero-order valence-electron chi connectivity index (χ0n) is 27.5. The van der Waals surface area contributed by atoms with E-state index < -0.39 is 58.3 Å². The summed E-state index contributed by atoms with van der Waals surface area (Å²) in [7, 11) is 0. The first-order valence-electron chi connectivity index (χ1n) is 16.8. The number of aliphatic hydroxyl groups is 1. The number of nitrogens with zero attached hydrogens (tertiary/aromatic N) is 1. The molecule has 0 bridgehead atoms. The molecule has 9 nitrogen and oxygen atoms in total. The minimum absolute atomic E-state index is 0.0276. The second-order valence-electron chi connectivity index (χ2n) is 14.5. The van der Waals surface area contributed by atoms with Gasteiger partial charge in [-0.2, -0.15) is 0 Å². The van der Waals surface area contributed by atoms with Crippen LogP contribution in [0, 0.1) is 28.5 Å². The molecule has 0 amide bonds. The maximum Gasteiger partial charge on any atom is 0.345 e. The molecule has 1 N–H and O–H groups in total. The third kappa shape index (κ3) is 5.03. The van der Waals surface area contributed by atoms with Crippen molar-refractivity contribution in [1.29, 1.82) is 0 Å². The Balaban J connectivity index is 1.22. The van der Waals surface area contributed by atoms with Crippen LogP contribution in [0.25, 0.3) is 11.3 Å². The molecular weight excluding hydrogens is 629 g/mol. The van der Waals surface area contributed by atoms with E-state index in [-0.39, 0.29) is 34.7 Å². The molecule has 3 unspecified atom stereocenters. The highest BCUT2D eigenvalue weighted by atomic mass is 19.1. The quantitative estimate of drug-likeness (QED) is 0.234. The number of hydrogen-bond acceptors (Lipinski definition) is 9. The maximum absolute atomic E-state index is 14.2. The molecule has 9 atom stereocenters. The fourth-order valence-corrected chi connectivity index (χ4v) is 9.45. The van der Waals surface area contributed by atoms with Gasteiger partial charge in [-0.1, -0.05) is 50.2 Å². The number of fused-ring (bicyclic) bond motifs is 6. The predicted octanol–water partition coefficient (Wildman–Crippen LogP) is 6.81. The number of pyridine rings is 1. The molecule has 4 aliphatic rings. The van der Waals surface area contributed by atoms with Gasteiger partial charge in [-0.05, 0) is 67.9 Å². The first kappa shape index (κ1) is 31.9. The summed E-state index contributed by atoms with van der Waals surface area (Å²) in [4.78, 5) is 31.5. The number of aliphatic hydroxyl groups excluding tert-OH is 1. The van der Waals surface area contributed by atoms with Crippen molar-refractivity contribution in [3.63, 3.8) is 0 Å². The fraction of sp³-hybridized carbons (Fsp3) is 0.410. The third-order valence-corrected chi connectivity index (χ3v) is 11.7. The van der Waals surface area contributed by atoms with Crippen LogP contribution in [-0.2, 0) is 14.2 Å². The van der Waals surface area contributed by atoms with E-state index in [2.05, 4.69) is 18.8 Å². The van der Waals surface area contributed by atoms with Crippen molar-refractivity contribution in [3.05, 3.63) is 118 Å². The van der Waals surface area contributed by atoms with Gasteiger partial charge in [0.05, 0.1) is 24.4 Å². The normalized spacial score (nSPS) is 34.7. The topological polar surface area (TPSA) is 117 Å². The Kier molecular flexibility index (Phi) is 7.55. The highest BCUT2D eigenvalue weighted by Gasteiger charge is 2.71. The second-order valence-corrected chi connectivity index (χ2v) is 14.5. The van der Waals surface area contributed by atoms with Gasteiger partial charge in [-0.25, -0.2) is 14.0 Å². The summed E-state index contributed by atoms with van der Waals surface area (Å²) in [5, 5.41) is 12.3. The van der Waals surface area contributed by atoms with Crippen molar-refractivity contribution in [2.45, 2.75) is 70.2 Å². The highest BCUT2D eigenvalue weighted by molar-refractivity contribution is 5.89. The fourth-order valence-electron chi connectivity index (χ4n) is 9.45. The van der Waals surface area contributed by atoms with E-state index in [1.54, 1.807) is 30.6 Å². The molecule has 3 fully saturated rings. The molecule has 8 rings (SSSR count). The Morgan fingerprint density at radius 1 is 1.02 bits per heavy atom. The van der Waals surface area contributed by atoms with Crippen LogP contribution >= 0.6 is 0 Å². The van der Waals surface area contributed by atoms with Gasteiger partial charge < -0.3 is 28.5 Å². The summed E-state index contributed by atoms with van der Waals surface area (Å²) >= 11 is 0. The van der Waals surface area contributed by atoms with Crippen LogP contribution < -0.4 is 10.4 Å². The standard InChI is InChI=1S/C39H38FNO8/c1-37-15-14-29-38(2,21-45-36(48-29)22-9-5-4-6-10-22)28(37)19-30(47-34(43)23-11-7-13-25(40)17-23)39(3)33(37)32(42)31-27(49-39)18-26(46-35(31)44)24-12-8-16-41-20-24/h4-13,16-18,20,28-30,32-33,36,42H,14-15,19,21H2,1-3H3/t28?,29-,30-,32-,33?,36?,37-,38-,39+/m0/s1. The molecular formula is C39H38FNO8. The number of halogens is 1. The minimum Gasteiger partial charge on any atom is -0.482 e. The molecule has 1 saturated heterocycles. The van der Waals surface area contributed by atoms with E-state index in [9.17, 15) is 19.1 Å². The van der Waals surface area contributed by atoms with Gasteiger partial charge in [-0.15, -0.1) is 0 Å². The Labute approximate surface area is 283 Å². The molecule has 49 heavy (non-hydrogen) atoms. The number of carbonyl (C=O) groups excluding carboxylic acids is 1. The van der Waals surface area contributed by atoms with Crippen molar-refractivity contribution < 1.29 is 37.7 Å². The summed E-state index contributed by atoms with van der Waals surface area (Å²) in [6, 6.07) is 20.2. The first-order chi connectivity index (χ1) is 23.5. The zero-order valence-corrected chi connectivity index (χ0v) is 27.5. The van der Waals surface area contributed by atoms with Crippen LogP contribution in [0.15, 0.2) is 94.4 Å². The largest absolute Gasteiger partial charge is 0.482 e. The predicted molar refractivity (Wildman–Crippen MR) is 175 cm³/mol. The summed E-state index contributed by atoms with van der Waals surface area (Å²) < 4.78 is 46.1. The van der Waals surface area contributed by atoms with E-state index in [1.165, 1.54) is 18.2 Å². The van der Waals surface area contributed by atoms with E-state index in [0.717, 1.165) is 11.6 Å². The van der Waals surface area contributed by atoms with Crippen molar-refractivity contribution in [2.75, 3.05) is 6.61 Å². The smallest absolute Gasteiger partial charge is 0.345 e. The molecule has 2 aromatic carbocycles. The Morgan fingerprint density at radius 3 is 2.59 bits per heavy atom. The summed E-state index contributed by atoms with van der Waals surface area (Å²) in [5.41, 5.74) is -1.56. The highest BCUT2D eigenvalue weighted by Crippen LogP contribution is 2.68. The van der Waals surface area contributed by atoms with Gasteiger partial charge >= 0.3 is 11.6 Å². The number of ether oxygens (including phenoxy) is 4. The second kappa shape index (κ2) is 11.6. The SMILES string of the molecule is C[C@]12CC[C@@H]3OC(c4ccccc4)OC[C@@]3(C)C1C[C@H](OC(=O)c1cccc(F)c1)[C@@]1(C)Oc3cc(-c4cccnc4)oc(=O)c3[C@H](O)C21. The molecule has 10 heteroatoms. The monoisotopic (exact) mass is 667 g/mol. The van der Waals surface area contributed by atoms with Crippen LogP contribution in [0.2, 0.25) is 0 Å². The molecule has 254 valence electrons. The van der Waals surface area contributed by atoms with Gasteiger partial charge in [0.1, 0.15) is 34.6 Å². The molecule has 0 radical (unpaired) electrons. The van der Waals surface area contributed by atoms with Gasteiger partial charge in [0.25, 0.3) is 0 Å². The Hall–Kier alpha value is -4.38. The van der Waals surface area contributed by atoms with Crippen LogP contribution in [0.1, 0.15) is 73.9 Å². The van der Waals surface area contributed by atoms with E-state index in [4.69, 9.17) is 23.4 Å². The summed E-state index contributed by atoms with van der Waals surface area (Å²) in [6.07, 6.45) is 1.97.